The van der Waals surface area contributed by atoms with Crippen LogP contribution in [0.1, 0.15) is 76.0 Å². The Labute approximate surface area is 274 Å². The van der Waals surface area contributed by atoms with Crippen molar-refractivity contribution >= 4 is 51.1 Å². The van der Waals surface area contributed by atoms with E-state index in [1.54, 1.807) is 12.1 Å². The molecule has 11 nitrogen and oxygen atoms in total. The van der Waals surface area contributed by atoms with Gasteiger partial charge < -0.3 is 15.0 Å². The number of benzene rings is 1. The number of aldehydes is 1. The molecule has 2 aromatic rings. The van der Waals surface area contributed by atoms with E-state index < -0.39 is 38.6 Å². The smallest absolute Gasteiger partial charge is 0.244 e. The summed E-state index contributed by atoms with van der Waals surface area (Å²) in [6.07, 6.45) is 7.05. The molecule has 4 atom stereocenters. The molecule has 2 saturated heterocycles. The highest BCUT2D eigenvalue weighted by Gasteiger charge is 2.52. The number of carbonyl (C=O) groups is 3. The molecular formula is C31H41ClN6O5S2. The van der Waals surface area contributed by atoms with Crippen molar-refractivity contribution in [2.45, 2.75) is 112 Å². The maximum Gasteiger partial charge on any atom is 0.244 e. The van der Waals surface area contributed by atoms with E-state index in [1.165, 1.54) is 35.5 Å². The van der Waals surface area contributed by atoms with Crippen LogP contribution >= 0.6 is 23.1 Å². The van der Waals surface area contributed by atoms with Crippen molar-refractivity contribution < 1.29 is 22.8 Å². The van der Waals surface area contributed by atoms with Crippen LogP contribution in [-0.4, -0.2) is 87.7 Å². The number of amides is 2. The van der Waals surface area contributed by atoms with E-state index in [9.17, 15) is 23.3 Å². The summed E-state index contributed by atoms with van der Waals surface area (Å²) in [6, 6.07) is 7.22. The average Bonchev–Trinajstić information content (AvgIpc) is 3.39. The molecule has 2 amide bonds. The summed E-state index contributed by atoms with van der Waals surface area (Å²) in [6.45, 7) is 6.15. The highest BCUT2D eigenvalue weighted by atomic mass is 35.5. The summed E-state index contributed by atoms with van der Waals surface area (Å²) in [5, 5.41) is 12.5. The molecule has 1 aromatic carbocycles. The Kier molecular flexibility index (Phi) is 11.7. The van der Waals surface area contributed by atoms with Gasteiger partial charge in [-0.3, -0.25) is 14.5 Å². The zero-order valence-electron chi connectivity index (χ0n) is 25.9. The molecule has 3 aliphatic rings. The third-order valence-electron chi connectivity index (χ3n) is 8.69. The molecule has 0 bridgehead atoms. The summed E-state index contributed by atoms with van der Waals surface area (Å²) < 4.78 is 31.6. The van der Waals surface area contributed by atoms with E-state index in [1.807, 2.05) is 6.92 Å². The van der Waals surface area contributed by atoms with Gasteiger partial charge in [-0.05, 0) is 82.5 Å². The highest BCUT2D eigenvalue weighted by Crippen LogP contribution is 2.37. The number of hydrogen-bond donors (Lipinski definition) is 1. The summed E-state index contributed by atoms with van der Waals surface area (Å²) in [7, 11) is -3.92. The standard InChI is InChI=1S/C29H37ClN6O4S2.C2H4O/c1-3-7-20(8-6-11-26-32-19(2)34-41-26)35-15-12-23(35)28(38)36-17-21(42(39,40)25-10-5-4-9-22(25)30)16-24(36)27(37)33-29(18-31)13-14-29;1-2-3/h4-5,9-10,20-21,23-24H,3,6-8,11-17H2,1-2H3,(H,33,37);2H,1H3/t20?,21-,23?,24+;/m1./s1. The van der Waals surface area contributed by atoms with Crippen LogP contribution in [0.3, 0.4) is 0 Å². The van der Waals surface area contributed by atoms with E-state index in [-0.39, 0.29) is 34.8 Å². The predicted octanol–water partition coefficient (Wildman–Crippen LogP) is 3.89. The second kappa shape index (κ2) is 15.1. The second-order valence-electron chi connectivity index (χ2n) is 11.9. The lowest BCUT2D eigenvalue weighted by Gasteiger charge is -2.47. The maximum absolute atomic E-state index is 14.1. The van der Waals surface area contributed by atoms with Crippen LogP contribution in [0.5, 0.6) is 0 Å². The Morgan fingerprint density at radius 2 is 1.98 bits per heavy atom. The molecule has 0 radical (unpaired) electrons. The number of hydrogen-bond acceptors (Lipinski definition) is 10. The van der Waals surface area contributed by atoms with Crippen molar-refractivity contribution in [3.05, 3.63) is 40.1 Å². The predicted molar refractivity (Wildman–Crippen MR) is 171 cm³/mol. The van der Waals surface area contributed by atoms with Crippen LogP contribution in [0.2, 0.25) is 5.02 Å². The van der Waals surface area contributed by atoms with Crippen molar-refractivity contribution in [1.29, 1.82) is 5.26 Å². The van der Waals surface area contributed by atoms with E-state index in [0.717, 1.165) is 55.8 Å². The topological polar surface area (TPSA) is 153 Å². The van der Waals surface area contributed by atoms with Gasteiger partial charge >= 0.3 is 0 Å². The SMILES string of the molecule is CC=O.CCCC(CCCc1nc(C)ns1)N1CCC1C(=O)N1C[C@H](S(=O)(=O)c2ccccc2Cl)C[C@H]1C(=O)NC1(C#N)CC1. The molecule has 5 rings (SSSR count). The number of aryl methyl sites for hydroxylation is 2. The number of carbonyl (C=O) groups excluding carboxylic acids is 3. The van der Waals surface area contributed by atoms with Gasteiger partial charge in [0.2, 0.25) is 11.8 Å². The molecule has 14 heteroatoms. The van der Waals surface area contributed by atoms with E-state index in [4.69, 9.17) is 16.4 Å². The van der Waals surface area contributed by atoms with Gasteiger partial charge in [-0.15, -0.1) is 0 Å². The van der Waals surface area contributed by atoms with Gasteiger partial charge in [0.25, 0.3) is 0 Å². The number of nitriles is 1. The molecule has 45 heavy (non-hydrogen) atoms. The molecule has 1 aromatic heterocycles. The fourth-order valence-corrected chi connectivity index (χ4v) is 9.02. The number of nitrogens with one attached hydrogen (secondary N) is 1. The number of sulfone groups is 1. The number of halogens is 1. The Morgan fingerprint density at radius 3 is 2.53 bits per heavy atom. The number of rotatable bonds is 12. The lowest BCUT2D eigenvalue weighted by Crippen LogP contribution is -2.62. The molecule has 0 spiro atoms. The molecule has 3 fully saturated rings. The molecule has 244 valence electrons. The summed E-state index contributed by atoms with van der Waals surface area (Å²) in [5.41, 5.74) is -0.925. The molecule has 2 unspecified atom stereocenters. The lowest BCUT2D eigenvalue weighted by molar-refractivity contribution is -0.148. The van der Waals surface area contributed by atoms with Gasteiger partial charge in [-0.2, -0.15) is 9.64 Å². The first-order valence-corrected chi connectivity index (χ1v) is 18.2. The van der Waals surface area contributed by atoms with Crippen LogP contribution in [0.4, 0.5) is 0 Å². The van der Waals surface area contributed by atoms with Crippen LogP contribution < -0.4 is 5.32 Å². The van der Waals surface area contributed by atoms with Crippen molar-refractivity contribution in [3.8, 4) is 6.07 Å². The minimum absolute atomic E-state index is 0.000262. The fourth-order valence-electron chi connectivity index (χ4n) is 6.12. The zero-order chi connectivity index (χ0) is 32.8. The normalized spacial score (nSPS) is 22.7. The molecular weight excluding hydrogens is 636 g/mol. The van der Waals surface area contributed by atoms with E-state index in [2.05, 4.69) is 32.6 Å². The average molecular weight is 677 g/mol. The second-order valence-corrected chi connectivity index (χ2v) is 15.3. The molecule has 2 aliphatic heterocycles. The number of likely N-dealkylation sites (tertiary alicyclic amines) is 2. The fraction of sp³-hybridized carbons (Fsp3) is 0.613. The lowest BCUT2D eigenvalue weighted by atomic mass is 9.93. The highest BCUT2D eigenvalue weighted by molar-refractivity contribution is 7.92. The Morgan fingerprint density at radius 1 is 1.27 bits per heavy atom. The monoisotopic (exact) mass is 676 g/mol. The first kappa shape index (κ1) is 34.9. The van der Waals surface area contributed by atoms with Gasteiger partial charge in [-0.25, -0.2) is 13.4 Å². The van der Waals surface area contributed by atoms with Crippen LogP contribution in [0.15, 0.2) is 29.2 Å². The molecule has 3 heterocycles. The number of aromatic nitrogens is 2. The van der Waals surface area contributed by atoms with Crippen molar-refractivity contribution in [2.75, 3.05) is 13.1 Å². The molecule has 1 aliphatic carbocycles. The maximum atomic E-state index is 14.1. The van der Waals surface area contributed by atoms with Crippen molar-refractivity contribution in [2.24, 2.45) is 0 Å². The van der Waals surface area contributed by atoms with E-state index in [0.29, 0.717) is 19.3 Å². The van der Waals surface area contributed by atoms with Crippen LogP contribution in [-0.2, 0) is 30.6 Å². The quantitative estimate of drug-likeness (QED) is 0.330. The number of nitrogens with zero attached hydrogens (tertiary/aromatic N) is 5. The van der Waals surface area contributed by atoms with Crippen molar-refractivity contribution in [3.63, 3.8) is 0 Å². The van der Waals surface area contributed by atoms with Gasteiger partial charge in [-0.1, -0.05) is 37.1 Å². The van der Waals surface area contributed by atoms with Crippen LogP contribution in [0, 0.1) is 18.3 Å². The van der Waals surface area contributed by atoms with Gasteiger partial charge in [0.05, 0.1) is 27.3 Å². The minimum Gasteiger partial charge on any atom is -0.336 e. The summed E-state index contributed by atoms with van der Waals surface area (Å²) in [5.74, 6) is 0.0958. The van der Waals surface area contributed by atoms with Gasteiger partial charge in [0.1, 0.15) is 28.7 Å². The Hall–Kier alpha value is -2.92. The molecule has 1 saturated carbocycles. The van der Waals surface area contributed by atoms with Crippen LogP contribution in [0.25, 0.3) is 0 Å². The first-order chi connectivity index (χ1) is 21.5. The van der Waals surface area contributed by atoms with Crippen molar-refractivity contribution in [1.82, 2.24) is 24.5 Å². The summed E-state index contributed by atoms with van der Waals surface area (Å²) in [4.78, 5) is 44.5. The first-order valence-electron chi connectivity index (χ1n) is 15.5. The van der Waals surface area contributed by atoms with Gasteiger partial charge in [0.15, 0.2) is 9.84 Å². The third kappa shape index (κ3) is 8.09. The Balaban J connectivity index is 0.00000148. The minimum atomic E-state index is -3.92. The Bertz CT molecular complexity index is 1520. The zero-order valence-corrected chi connectivity index (χ0v) is 28.3. The summed E-state index contributed by atoms with van der Waals surface area (Å²) >= 11 is 7.69. The third-order valence-corrected chi connectivity index (χ3v) is 12.2. The largest absolute Gasteiger partial charge is 0.336 e. The van der Waals surface area contributed by atoms with E-state index >= 15 is 0 Å². The van der Waals surface area contributed by atoms with Gasteiger partial charge in [0, 0.05) is 25.6 Å². The molecule has 1 N–H and O–H groups in total.